The van der Waals surface area contributed by atoms with E-state index in [2.05, 4.69) is 19.2 Å². The number of benzene rings is 1. The lowest BCUT2D eigenvalue weighted by Gasteiger charge is -2.09. The molecule has 0 unspecified atom stereocenters. The molecular weight excluding hydrogens is 310 g/mol. The molecule has 1 amide bonds. The molecule has 0 atom stereocenters. The minimum Gasteiger partial charge on any atom is -0.352 e. The number of amides is 1. The van der Waals surface area contributed by atoms with Gasteiger partial charge in [-0.3, -0.25) is 4.79 Å². The quantitative estimate of drug-likeness (QED) is 0.896. The van der Waals surface area contributed by atoms with Gasteiger partial charge in [0.15, 0.2) is 0 Å². The van der Waals surface area contributed by atoms with Gasteiger partial charge >= 0.3 is 0 Å². The van der Waals surface area contributed by atoms with Crippen LogP contribution in [0.4, 0.5) is 0 Å². The second-order valence-electron chi connectivity index (χ2n) is 6.62. The molecule has 1 aromatic heterocycles. The number of hydrogen-bond donors (Lipinski definition) is 1. The standard InChI is InChI=1S/C18H22ClN3O/c1-11(2)10-20-18(23)16-12(3)22(21-17(16)13-7-8-13)15-6-4-5-14(19)9-15/h4-6,9,11,13H,7-8,10H2,1-3H3,(H,20,23). The first-order valence-electron chi connectivity index (χ1n) is 8.11. The minimum atomic E-state index is -0.0219. The van der Waals surface area contributed by atoms with Crippen molar-refractivity contribution >= 4 is 17.5 Å². The molecule has 5 heteroatoms. The Hall–Kier alpha value is -1.81. The van der Waals surface area contributed by atoms with Crippen molar-refractivity contribution in [3.63, 3.8) is 0 Å². The van der Waals surface area contributed by atoms with Crippen molar-refractivity contribution in [1.82, 2.24) is 15.1 Å². The first kappa shape index (κ1) is 16.1. The van der Waals surface area contributed by atoms with E-state index < -0.39 is 0 Å². The normalized spacial score (nSPS) is 14.3. The van der Waals surface area contributed by atoms with Gasteiger partial charge in [0.2, 0.25) is 0 Å². The highest BCUT2D eigenvalue weighted by Gasteiger charge is 2.33. The molecule has 2 aromatic rings. The molecule has 122 valence electrons. The Balaban J connectivity index is 2.00. The predicted octanol–water partition coefficient (Wildman–Crippen LogP) is 4.10. The van der Waals surface area contributed by atoms with Crippen molar-refractivity contribution in [2.45, 2.75) is 39.5 Å². The highest BCUT2D eigenvalue weighted by molar-refractivity contribution is 6.30. The van der Waals surface area contributed by atoms with E-state index >= 15 is 0 Å². The zero-order valence-electron chi connectivity index (χ0n) is 13.8. The summed E-state index contributed by atoms with van der Waals surface area (Å²) in [5.74, 6) is 0.812. The molecule has 1 aliphatic carbocycles. The third-order valence-electron chi connectivity index (χ3n) is 4.06. The topological polar surface area (TPSA) is 46.9 Å². The van der Waals surface area contributed by atoms with Gasteiger partial charge in [0.1, 0.15) is 0 Å². The average Bonchev–Trinajstić information content (AvgIpc) is 3.28. The van der Waals surface area contributed by atoms with Crippen LogP contribution in [0.3, 0.4) is 0 Å². The highest BCUT2D eigenvalue weighted by atomic mass is 35.5. The van der Waals surface area contributed by atoms with Crippen LogP contribution < -0.4 is 5.32 Å². The predicted molar refractivity (Wildman–Crippen MR) is 92.5 cm³/mol. The van der Waals surface area contributed by atoms with Crippen LogP contribution in [0.15, 0.2) is 24.3 Å². The van der Waals surface area contributed by atoms with Crippen LogP contribution in [0.25, 0.3) is 5.69 Å². The Morgan fingerprint density at radius 2 is 2.17 bits per heavy atom. The van der Waals surface area contributed by atoms with Gasteiger partial charge < -0.3 is 5.32 Å². The fraction of sp³-hybridized carbons (Fsp3) is 0.444. The van der Waals surface area contributed by atoms with E-state index in [4.69, 9.17) is 16.7 Å². The van der Waals surface area contributed by atoms with Crippen molar-refractivity contribution in [1.29, 1.82) is 0 Å². The van der Waals surface area contributed by atoms with Gasteiger partial charge in [0, 0.05) is 17.5 Å². The van der Waals surface area contributed by atoms with Crippen LogP contribution in [0, 0.1) is 12.8 Å². The first-order chi connectivity index (χ1) is 11.0. The van der Waals surface area contributed by atoms with E-state index in [0.717, 1.165) is 35.5 Å². The monoisotopic (exact) mass is 331 g/mol. The molecule has 4 nitrogen and oxygen atoms in total. The second kappa shape index (κ2) is 6.36. The van der Waals surface area contributed by atoms with Gasteiger partial charge in [-0.25, -0.2) is 4.68 Å². The van der Waals surface area contributed by atoms with Gasteiger partial charge in [0.25, 0.3) is 5.91 Å². The van der Waals surface area contributed by atoms with E-state index in [-0.39, 0.29) is 5.91 Å². The van der Waals surface area contributed by atoms with Crippen LogP contribution >= 0.6 is 11.6 Å². The molecule has 1 saturated carbocycles. The molecule has 1 fully saturated rings. The smallest absolute Gasteiger partial charge is 0.255 e. The second-order valence-corrected chi connectivity index (χ2v) is 7.05. The van der Waals surface area contributed by atoms with Gasteiger partial charge in [-0.2, -0.15) is 5.10 Å². The summed E-state index contributed by atoms with van der Waals surface area (Å²) >= 11 is 6.10. The maximum absolute atomic E-state index is 12.6. The van der Waals surface area contributed by atoms with E-state index in [0.29, 0.717) is 23.4 Å². The van der Waals surface area contributed by atoms with Crippen molar-refractivity contribution in [3.8, 4) is 5.69 Å². The van der Waals surface area contributed by atoms with Gasteiger partial charge in [-0.1, -0.05) is 31.5 Å². The number of aromatic nitrogens is 2. The van der Waals surface area contributed by atoms with Crippen LogP contribution in [-0.4, -0.2) is 22.2 Å². The molecule has 0 spiro atoms. The molecule has 1 aromatic carbocycles. The molecule has 23 heavy (non-hydrogen) atoms. The van der Waals surface area contributed by atoms with Gasteiger partial charge in [-0.05, 0) is 43.9 Å². The van der Waals surface area contributed by atoms with E-state index in [9.17, 15) is 4.79 Å². The summed E-state index contributed by atoms with van der Waals surface area (Å²) in [6.07, 6.45) is 2.22. The molecule has 1 aliphatic rings. The largest absolute Gasteiger partial charge is 0.352 e. The van der Waals surface area contributed by atoms with Gasteiger partial charge in [-0.15, -0.1) is 0 Å². The van der Waals surface area contributed by atoms with Crippen molar-refractivity contribution in [3.05, 3.63) is 46.2 Å². The highest BCUT2D eigenvalue weighted by Crippen LogP contribution is 2.42. The summed E-state index contributed by atoms with van der Waals surface area (Å²) in [5, 5.41) is 8.41. The number of carbonyl (C=O) groups excluding carboxylic acids is 1. The van der Waals surface area contributed by atoms with Crippen LogP contribution in [-0.2, 0) is 0 Å². The lowest BCUT2D eigenvalue weighted by Crippen LogP contribution is -2.28. The summed E-state index contributed by atoms with van der Waals surface area (Å²) in [7, 11) is 0. The summed E-state index contributed by atoms with van der Waals surface area (Å²) in [4.78, 5) is 12.6. The Morgan fingerprint density at radius 3 is 2.78 bits per heavy atom. The molecule has 0 bridgehead atoms. The number of hydrogen-bond acceptors (Lipinski definition) is 2. The zero-order chi connectivity index (χ0) is 16.6. The summed E-state index contributed by atoms with van der Waals surface area (Å²) in [5.41, 5.74) is 3.41. The molecule has 3 rings (SSSR count). The number of rotatable bonds is 5. The number of nitrogens with one attached hydrogen (secondary N) is 1. The summed E-state index contributed by atoms with van der Waals surface area (Å²) in [6.45, 7) is 6.80. The zero-order valence-corrected chi connectivity index (χ0v) is 14.5. The third-order valence-corrected chi connectivity index (χ3v) is 4.29. The van der Waals surface area contributed by atoms with Crippen LogP contribution in [0.1, 0.15) is 54.4 Å². The number of nitrogens with zero attached hydrogens (tertiary/aromatic N) is 2. The minimum absolute atomic E-state index is 0.0219. The Morgan fingerprint density at radius 1 is 1.43 bits per heavy atom. The lowest BCUT2D eigenvalue weighted by atomic mass is 10.1. The Bertz CT molecular complexity index is 732. The Labute approximate surface area is 141 Å². The van der Waals surface area contributed by atoms with Crippen LogP contribution in [0.5, 0.6) is 0 Å². The molecule has 0 aliphatic heterocycles. The van der Waals surface area contributed by atoms with E-state index in [1.807, 2.05) is 35.9 Å². The average molecular weight is 332 g/mol. The molecule has 1 heterocycles. The number of carbonyl (C=O) groups is 1. The van der Waals surface area contributed by atoms with E-state index in [1.165, 1.54) is 0 Å². The number of halogens is 1. The van der Waals surface area contributed by atoms with Crippen molar-refractivity contribution in [2.24, 2.45) is 5.92 Å². The molecule has 1 N–H and O–H groups in total. The fourth-order valence-electron chi connectivity index (χ4n) is 2.69. The summed E-state index contributed by atoms with van der Waals surface area (Å²) < 4.78 is 1.84. The molecular formula is C18H22ClN3O. The first-order valence-corrected chi connectivity index (χ1v) is 8.48. The Kier molecular flexibility index (Phi) is 4.44. The third kappa shape index (κ3) is 3.42. The maximum atomic E-state index is 12.6. The SMILES string of the molecule is Cc1c(C(=O)NCC(C)C)c(C2CC2)nn1-c1cccc(Cl)c1. The lowest BCUT2D eigenvalue weighted by molar-refractivity contribution is 0.0947. The van der Waals surface area contributed by atoms with E-state index in [1.54, 1.807) is 0 Å². The van der Waals surface area contributed by atoms with Gasteiger partial charge in [0.05, 0.1) is 22.6 Å². The summed E-state index contributed by atoms with van der Waals surface area (Å²) in [6, 6.07) is 7.56. The molecule has 0 saturated heterocycles. The fourth-order valence-corrected chi connectivity index (χ4v) is 2.88. The van der Waals surface area contributed by atoms with Crippen LogP contribution in [0.2, 0.25) is 5.02 Å². The maximum Gasteiger partial charge on any atom is 0.255 e. The molecule has 0 radical (unpaired) electrons. The van der Waals surface area contributed by atoms with Crippen molar-refractivity contribution < 1.29 is 4.79 Å². The van der Waals surface area contributed by atoms with Crippen molar-refractivity contribution in [2.75, 3.05) is 6.54 Å².